The minimum atomic E-state index is 0.282. The second-order valence-electron chi connectivity index (χ2n) is 10.6. The monoisotopic (exact) mass is 487 g/mol. The normalized spacial score (nSPS) is 18.4. The Balaban J connectivity index is 1.44. The van der Waals surface area contributed by atoms with Crippen LogP contribution < -0.4 is 4.74 Å². The maximum Gasteiger partial charge on any atom is 0.223 e. The van der Waals surface area contributed by atoms with Gasteiger partial charge in [0.15, 0.2) is 0 Å². The van der Waals surface area contributed by atoms with Crippen LogP contribution >= 0.6 is 0 Å². The molecule has 0 spiro atoms. The molecule has 192 valence electrons. The van der Waals surface area contributed by atoms with E-state index in [9.17, 15) is 4.79 Å². The number of rotatable bonds is 8. The first kappa shape index (κ1) is 24.9. The quantitative estimate of drug-likeness (QED) is 0.396. The molecule has 0 radical (unpaired) electrons. The number of piperazine rings is 1. The van der Waals surface area contributed by atoms with Crippen molar-refractivity contribution in [3.05, 3.63) is 65.9 Å². The highest BCUT2D eigenvalue weighted by atomic mass is 16.5. The first-order valence-corrected chi connectivity index (χ1v) is 13.9. The summed E-state index contributed by atoms with van der Waals surface area (Å²) < 4.78 is 7.73. The molecule has 1 aromatic heterocycles. The molecule has 0 N–H and O–H groups in total. The smallest absolute Gasteiger partial charge is 0.223 e. The molecule has 1 aliphatic heterocycles. The number of carbonyl (C=O) groups excluding carboxylic acids is 1. The molecule has 3 aromatic rings. The van der Waals surface area contributed by atoms with E-state index in [2.05, 4.69) is 63.9 Å². The van der Waals surface area contributed by atoms with Crippen molar-refractivity contribution in [2.75, 3.05) is 39.8 Å². The van der Waals surface area contributed by atoms with Crippen molar-refractivity contribution in [3.8, 4) is 5.75 Å². The number of ether oxygens (including phenoxy) is 1. The number of hydrogen-bond donors (Lipinski definition) is 0. The molecule has 5 rings (SSSR count). The van der Waals surface area contributed by atoms with Gasteiger partial charge >= 0.3 is 0 Å². The van der Waals surface area contributed by atoms with E-state index in [0.717, 1.165) is 45.0 Å². The van der Waals surface area contributed by atoms with Crippen LogP contribution in [0.2, 0.25) is 0 Å². The summed E-state index contributed by atoms with van der Waals surface area (Å²) in [5.74, 6) is 2.09. The molecular formula is C31H41N3O2. The van der Waals surface area contributed by atoms with Crippen molar-refractivity contribution in [2.45, 2.75) is 57.9 Å². The van der Waals surface area contributed by atoms with E-state index >= 15 is 0 Å². The van der Waals surface area contributed by atoms with Gasteiger partial charge in [-0.3, -0.25) is 4.79 Å². The van der Waals surface area contributed by atoms with E-state index < -0.39 is 0 Å². The molecular weight excluding hydrogens is 446 g/mol. The van der Waals surface area contributed by atoms with Gasteiger partial charge in [-0.2, -0.15) is 0 Å². The molecule has 36 heavy (non-hydrogen) atoms. The summed E-state index contributed by atoms with van der Waals surface area (Å²) >= 11 is 0. The van der Waals surface area contributed by atoms with Crippen LogP contribution in [0.15, 0.2) is 54.7 Å². The standard InChI is InChI=1S/C31H41N3O2/c1-3-32-17-19-33(20-18-32)31(35)21-28(25-9-5-4-6-10-25)29-23-34(30-12-8-7-11-27(29)30)22-24-13-15-26(36-2)16-14-24/h7-8,11-16,23,25,28H,3-6,9-10,17-22H2,1-2H3/t28-/m0/s1. The number of para-hydroxylation sites is 1. The van der Waals surface area contributed by atoms with Gasteiger partial charge in [0, 0.05) is 56.2 Å². The van der Waals surface area contributed by atoms with Crippen LogP contribution in [0.5, 0.6) is 5.75 Å². The maximum absolute atomic E-state index is 13.6. The second kappa shape index (κ2) is 11.5. The highest BCUT2D eigenvalue weighted by molar-refractivity contribution is 5.86. The minimum Gasteiger partial charge on any atom is -0.497 e. The Bertz CT molecular complexity index is 1140. The van der Waals surface area contributed by atoms with Gasteiger partial charge in [-0.1, -0.05) is 56.5 Å². The van der Waals surface area contributed by atoms with Crippen LogP contribution in [0.3, 0.4) is 0 Å². The lowest BCUT2D eigenvalue weighted by molar-refractivity contribution is -0.133. The third kappa shape index (κ3) is 5.46. The van der Waals surface area contributed by atoms with Crippen LogP contribution in [0.25, 0.3) is 10.9 Å². The molecule has 1 aliphatic carbocycles. The largest absolute Gasteiger partial charge is 0.497 e. The Kier molecular flexibility index (Phi) is 7.96. The van der Waals surface area contributed by atoms with E-state index in [-0.39, 0.29) is 5.92 Å². The van der Waals surface area contributed by atoms with Crippen LogP contribution in [-0.2, 0) is 11.3 Å². The van der Waals surface area contributed by atoms with Crippen molar-refractivity contribution in [1.29, 1.82) is 0 Å². The molecule has 2 aliphatic rings. The highest BCUT2D eigenvalue weighted by Crippen LogP contribution is 2.42. The fourth-order valence-electron chi connectivity index (χ4n) is 6.33. The molecule has 5 nitrogen and oxygen atoms in total. The molecule has 0 bridgehead atoms. The lowest BCUT2D eigenvalue weighted by Gasteiger charge is -2.36. The van der Waals surface area contributed by atoms with Gasteiger partial charge in [-0.25, -0.2) is 0 Å². The van der Waals surface area contributed by atoms with Crippen LogP contribution in [-0.4, -0.2) is 60.1 Å². The molecule has 2 aromatic carbocycles. The predicted octanol–water partition coefficient (Wildman–Crippen LogP) is 5.92. The van der Waals surface area contributed by atoms with Gasteiger partial charge in [0.25, 0.3) is 0 Å². The number of methoxy groups -OCH3 is 1. The van der Waals surface area contributed by atoms with E-state index in [1.54, 1.807) is 7.11 Å². The van der Waals surface area contributed by atoms with E-state index in [0.29, 0.717) is 18.2 Å². The van der Waals surface area contributed by atoms with Crippen LogP contribution in [0.4, 0.5) is 0 Å². The summed E-state index contributed by atoms with van der Waals surface area (Å²) in [6.45, 7) is 7.81. The topological polar surface area (TPSA) is 37.7 Å². The van der Waals surface area contributed by atoms with Crippen molar-refractivity contribution in [3.63, 3.8) is 0 Å². The Labute approximate surface area is 216 Å². The van der Waals surface area contributed by atoms with Crippen LogP contribution in [0.1, 0.15) is 62.5 Å². The molecule has 1 saturated heterocycles. The van der Waals surface area contributed by atoms with Gasteiger partial charge in [0.1, 0.15) is 5.75 Å². The molecule has 2 fully saturated rings. The third-order valence-corrected chi connectivity index (χ3v) is 8.52. The fraction of sp³-hybridized carbons (Fsp3) is 0.516. The summed E-state index contributed by atoms with van der Waals surface area (Å²) in [6, 6.07) is 17.1. The van der Waals surface area contributed by atoms with E-state index in [4.69, 9.17) is 4.74 Å². The highest BCUT2D eigenvalue weighted by Gasteiger charge is 2.32. The number of nitrogens with zero attached hydrogens (tertiary/aromatic N) is 3. The Morgan fingerprint density at radius 2 is 1.69 bits per heavy atom. The van der Waals surface area contributed by atoms with Crippen molar-refractivity contribution in [2.24, 2.45) is 5.92 Å². The van der Waals surface area contributed by atoms with Crippen molar-refractivity contribution < 1.29 is 9.53 Å². The molecule has 5 heteroatoms. The van der Waals surface area contributed by atoms with Crippen molar-refractivity contribution in [1.82, 2.24) is 14.4 Å². The SMILES string of the molecule is CCN1CCN(C(=O)C[C@H](c2cn(Cc3ccc(OC)cc3)c3ccccc23)C2CCCCC2)CC1. The number of hydrogen-bond acceptors (Lipinski definition) is 3. The van der Waals surface area contributed by atoms with Gasteiger partial charge in [-0.15, -0.1) is 0 Å². The number of amides is 1. The molecule has 1 amide bonds. The number of fused-ring (bicyclic) bond motifs is 1. The number of carbonyl (C=O) groups is 1. The lowest BCUT2D eigenvalue weighted by atomic mass is 9.75. The Hall–Kier alpha value is -2.79. The number of benzene rings is 2. The minimum absolute atomic E-state index is 0.282. The first-order chi connectivity index (χ1) is 17.7. The summed E-state index contributed by atoms with van der Waals surface area (Å²) in [5.41, 5.74) is 3.88. The summed E-state index contributed by atoms with van der Waals surface area (Å²) in [7, 11) is 1.71. The van der Waals surface area contributed by atoms with Crippen LogP contribution in [0, 0.1) is 5.92 Å². The molecule has 0 unspecified atom stereocenters. The third-order valence-electron chi connectivity index (χ3n) is 8.52. The average Bonchev–Trinajstić information content (AvgIpc) is 3.30. The van der Waals surface area contributed by atoms with Gasteiger partial charge in [-0.05, 0) is 60.5 Å². The zero-order valence-corrected chi connectivity index (χ0v) is 22.0. The van der Waals surface area contributed by atoms with Crippen molar-refractivity contribution >= 4 is 16.8 Å². The number of likely N-dealkylation sites (N-methyl/N-ethyl adjacent to an activating group) is 1. The maximum atomic E-state index is 13.6. The summed E-state index contributed by atoms with van der Waals surface area (Å²) in [4.78, 5) is 18.2. The first-order valence-electron chi connectivity index (χ1n) is 13.9. The van der Waals surface area contributed by atoms with E-state index in [1.165, 1.54) is 54.1 Å². The zero-order valence-electron chi connectivity index (χ0n) is 22.0. The summed E-state index contributed by atoms with van der Waals surface area (Å²) in [6.07, 6.45) is 9.36. The Morgan fingerprint density at radius 3 is 2.39 bits per heavy atom. The predicted molar refractivity (Wildman–Crippen MR) is 147 cm³/mol. The lowest BCUT2D eigenvalue weighted by Crippen LogP contribution is -2.48. The second-order valence-corrected chi connectivity index (χ2v) is 10.6. The zero-order chi connectivity index (χ0) is 24.9. The molecule has 1 saturated carbocycles. The molecule has 2 heterocycles. The number of aromatic nitrogens is 1. The Morgan fingerprint density at radius 1 is 0.972 bits per heavy atom. The van der Waals surface area contributed by atoms with E-state index in [1.807, 2.05) is 12.1 Å². The van der Waals surface area contributed by atoms with Gasteiger partial charge in [0.2, 0.25) is 5.91 Å². The van der Waals surface area contributed by atoms with Gasteiger partial charge in [0.05, 0.1) is 7.11 Å². The fourth-order valence-corrected chi connectivity index (χ4v) is 6.33. The summed E-state index contributed by atoms with van der Waals surface area (Å²) in [5, 5.41) is 1.31. The van der Waals surface area contributed by atoms with Gasteiger partial charge < -0.3 is 19.1 Å². The molecule has 1 atom stereocenters. The average molecular weight is 488 g/mol.